The van der Waals surface area contributed by atoms with E-state index in [1.54, 1.807) is 34.0 Å². The molecule has 7 radical (unpaired) electrons. The van der Waals surface area contributed by atoms with Crippen molar-refractivity contribution >= 4 is 34.0 Å². The Balaban J connectivity index is -0.000000110. The fraction of sp³-hybridized carbons (Fsp3) is 0.556. The molecule has 0 spiro atoms. The van der Waals surface area contributed by atoms with Gasteiger partial charge in [0.2, 0.25) is 0 Å². The Kier molecular flexibility index (Phi) is 85.1. The molecule has 93 heavy (non-hydrogen) atoms. The van der Waals surface area contributed by atoms with E-state index in [4.69, 9.17) is 43.7 Å². The first kappa shape index (κ1) is 116. The Hall–Kier alpha value is 1.79. The fourth-order valence-corrected chi connectivity index (χ4v) is 7.67. The summed E-state index contributed by atoms with van der Waals surface area (Å²) in [6.07, 6.45) is 1.27. The van der Waals surface area contributed by atoms with Crippen molar-refractivity contribution in [1.82, 2.24) is 0 Å². The molecule has 21 heteroatoms. The number of hydrogen-bond donors (Lipinski definition) is 5. The molecule has 5 N–H and O–H groups in total. The Bertz CT molecular complexity index is 2620. The molecule has 0 saturated carbocycles. The summed E-state index contributed by atoms with van der Waals surface area (Å²) in [5.74, 6) is 29.3. The molecule has 2 aromatic carbocycles. The average Bonchev–Trinajstić information content (AvgIpc) is 3.53. The summed E-state index contributed by atoms with van der Waals surface area (Å²) < 4.78 is 32.6. The third kappa shape index (κ3) is 57.0. The van der Waals surface area contributed by atoms with Crippen molar-refractivity contribution in [2.45, 2.75) is 191 Å². The van der Waals surface area contributed by atoms with Crippen LogP contribution >= 0.6 is 34.0 Å². The van der Waals surface area contributed by atoms with Gasteiger partial charge in [-0.3, -0.25) is 0 Å². The van der Waals surface area contributed by atoms with Gasteiger partial charge >= 0.3 is 0 Å². The normalized spacial score (nSPS) is 12.8. The average molecular weight is 1870 g/mol. The number of aliphatic hydroxyl groups is 3. The van der Waals surface area contributed by atoms with E-state index in [1.165, 1.54) is 12.1 Å². The van der Waals surface area contributed by atoms with Gasteiger partial charge in [0.1, 0.15) is 23.7 Å². The molecule has 0 saturated heterocycles. The quantitative estimate of drug-likeness (QED) is 0.0666. The molecule has 0 aliphatic carbocycles. The number of rotatable bonds is 3. The second-order valence-electron chi connectivity index (χ2n) is 21.4. The topological polar surface area (TPSA) is 157 Å². The van der Waals surface area contributed by atoms with Crippen LogP contribution in [-0.4, -0.2) is 84.0 Å². The van der Waals surface area contributed by atoms with Crippen LogP contribution in [0.2, 0.25) is 0 Å². The van der Waals surface area contributed by atoms with E-state index < -0.39 is 0 Å². The van der Waals surface area contributed by atoms with Crippen LogP contribution in [0.1, 0.15) is 201 Å². The van der Waals surface area contributed by atoms with Gasteiger partial charge in [0.15, 0.2) is 34.5 Å². The first-order valence-electron chi connectivity index (χ1n) is 30.3. The van der Waals surface area contributed by atoms with Crippen LogP contribution in [-0.2, 0) is 229 Å². The fourth-order valence-electron chi connectivity index (χ4n) is 5.64. The molecule has 5 aromatic rings. The van der Waals surface area contributed by atoms with E-state index in [0.717, 1.165) is 58.5 Å². The zero-order valence-electron chi connectivity index (χ0n) is 60.8. The molecule has 0 bridgehead atoms. The smallest absolute Gasteiger partial charge is 0.172 e. The SMILES string of the molecule is CC.CC.CC.CC.CC.CC.CC(C)(C)C#Cc1[c-]cc(C#CC(C)(C)C)[c-]c1.CC(C)(C)C#Cc1cc(O)c(C#CC(C)(C)C)cc1O.OCC1CCOc2cscc2O1.OCC1CCOc2cscc2O1.OCC1COc2cscc2OC1.[Y].[Y].[Y].[Y].[Y].[Y].[Y]. The third-order valence-corrected chi connectivity index (χ3v) is 11.6. The van der Waals surface area contributed by atoms with Crippen LogP contribution in [0.15, 0.2) is 56.5 Å². The Morgan fingerprint density at radius 1 is 0.398 bits per heavy atom. The molecule has 3 aromatic heterocycles. The van der Waals surface area contributed by atoms with E-state index in [-0.39, 0.29) is 300 Å². The van der Waals surface area contributed by atoms with Crippen LogP contribution in [0.25, 0.3) is 0 Å². The third-order valence-electron chi connectivity index (χ3n) is 9.52. The van der Waals surface area contributed by atoms with Crippen molar-refractivity contribution in [2.24, 2.45) is 27.6 Å². The predicted octanol–water partition coefficient (Wildman–Crippen LogP) is 17.8. The minimum Gasteiger partial charge on any atom is -0.507 e. The summed E-state index contributed by atoms with van der Waals surface area (Å²) in [6, 6.07) is 12.9. The summed E-state index contributed by atoms with van der Waals surface area (Å²) in [4.78, 5) is 0. The van der Waals surface area contributed by atoms with Crippen LogP contribution in [0.3, 0.4) is 0 Å². The molecule has 8 rings (SSSR count). The minimum atomic E-state index is -0.160. The number of hydrogen-bond acceptors (Lipinski definition) is 14. The number of aromatic hydroxyl groups is 2. The molecule has 3 aliphatic rings. The van der Waals surface area contributed by atoms with Gasteiger partial charge < -0.3 is 54.0 Å². The van der Waals surface area contributed by atoms with E-state index in [1.807, 2.05) is 169 Å². The maximum atomic E-state index is 9.96. The van der Waals surface area contributed by atoms with E-state index >= 15 is 0 Å². The number of benzene rings is 2. The number of phenolic OH excluding ortho intramolecular Hbond substituents is 2. The number of thiophene rings is 3. The molecule has 2 atom stereocenters. The van der Waals surface area contributed by atoms with Crippen molar-refractivity contribution in [3.8, 4) is 93.4 Å². The van der Waals surface area contributed by atoms with Gasteiger partial charge in [-0.15, -0.1) is 34.0 Å². The summed E-state index contributed by atoms with van der Waals surface area (Å²) in [5.41, 5.74) is 2.27. The van der Waals surface area contributed by atoms with Crippen LogP contribution in [0.4, 0.5) is 0 Å². The van der Waals surface area contributed by atoms with E-state index in [0.29, 0.717) is 37.6 Å². The van der Waals surface area contributed by atoms with Crippen molar-refractivity contribution in [1.29, 1.82) is 0 Å². The zero-order valence-corrected chi connectivity index (χ0v) is 83.1. The standard InChI is InChI=1S/C18H22O2.C18H20.3C8H10O3S.6C2H6.7Y/c1-17(2,3)9-7-13-11-16(20)14(12-15(13)19)8-10-18(4,5)6;1-17(2,3)13-11-15-7-9-16(10-8-15)12-14-18(4,5)6;9-1-6-2-10-7-4-12-5-8(7)11-3-6;2*9-3-6-1-2-10-7-4-12-5-8(7)11-6;6*1-2;;;;;;;/h11-12,19-20H,1-6H3;7,10H,1-6H3;3*4-6,9H,1-3H2;6*1-2H3;;;;;;;/q;-2;;;;;;;;;;;;;;;;. The zero-order chi connectivity index (χ0) is 66.5. The van der Waals surface area contributed by atoms with Crippen molar-refractivity contribution in [3.05, 3.63) is 90.9 Å². The van der Waals surface area contributed by atoms with Crippen LogP contribution in [0, 0.1) is 87.1 Å². The van der Waals surface area contributed by atoms with Gasteiger partial charge in [-0.1, -0.05) is 107 Å². The predicted molar refractivity (Wildman–Crippen MR) is 365 cm³/mol. The van der Waals surface area contributed by atoms with Gasteiger partial charge in [-0.25, -0.2) is 36.1 Å². The summed E-state index contributed by atoms with van der Waals surface area (Å²) in [5, 5.41) is 58.0. The Morgan fingerprint density at radius 2 is 0.656 bits per heavy atom. The van der Waals surface area contributed by atoms with Crippen LogP contribution < -0.4 is 28.4 Å². The number of aliphatic hydroxyl groups excluding tert-OH is 3. The second-order valence-corrected chi connectivity index (χ2v) is 23.6. The summed E-state index contributed by atoms with van der Waals surface area (Å²) in [6.45, 7) is 51.0. The van der Waals surface area contributed by atoms with Crippen molar-refractivity contribution in [2.75, 3.05) is 46.2 Å². The minimum absolute atomic E-state index is 0. The van der Waals surface area contributed by atoms with Crippen LogP contribution in [0.5, 0.6) is 46.0 Å². The summed E-state index contributed by atoms with van der Waals surface area (Å²) in [7, 11) is 0. The molecular weight excluding hydrogens is 1760 g/mol. The van der Waals surface area contributed by atoms with Gasteiger partial charge in [-0.2, -0.15) is 23.0 Å². The number of phenols is 2. The van der Waals surface area contributed by atoms with Crippen molar-refractivity contribution in [3.63, 3.8) is 0 Å². The number of ether oxygens (including phenoxy) is 6. The maximum absolute atomic E-state index is 9.96. The molecule has 0 fully saturated rings. The van der Waals surface area contributed by atoms with Crippen molar-refractivity contribution < 1.29 is 283 Å². The summed E-state index contributed by atoms with van der Waals surface area (Å²) >= 11 is 4.65. The first-order valence-corrected chi connectivity index (χ1v) is 33.1. The van der Waals surface area contributed by atoms with Gasteiger partial charge in [0.05, 0.1) is 63.3 Å². The molecular formula is C72H108O11S3Y7-2. The van der Waals surface area contributed by atoms with Gasteiger partial charge in [0.25, 0.3) is 0 Å². The maximum Gasteiger partial charge on any atom is 0.172 e. The Labute approximate surface area is 753 Å². The molecule has 6 heterocycles. The number of fused-ring (bicyclic) bond motifs is 3. The second kappa shape index (κ2) is 68.2. The monoisotopic (exact) mass is 1870 g/mol. The van der Waals surface area contributed by atoms with Gasteiger partial charge in [-0.05, 0) is 83.1 Å². The largest absolute Gasteiger partial charge is 0.507 e. The Morgan fingerprint density at radius 3 is 0.903 bits per heavy atom. The van der Waals surface area contributed by atoms with E-state index in [2.05, 4.69) is 101 Å². The van der Waals surface area contributed by atoms with Gasteiger partial charge in [0, 0.05) is 308 Å². The van der Waals surface area contributed by atoms with E-state index in [9.17, 15) is 10.2 Å². The first-order chi connectivity index (χ1) is 40.8. The molecule has 503 valence electrons. The molecule has 2 unspecified atom stereocenters. The molecule has 11 nitrogen and oxygen atoms in total. The molecule has 0 amide bonds. The molecule has 3 aliphatic heterocycles.